The van der Waals surface area contributed by atoms with E-state index in [-0.39, 0.29) is 46.5 Å². The largest absolute Gasteiger partial charge is 0.147 e. The monoisotopic (exact) mass is 621 g/mol. The Labute approximate surface area is 262 Å². The van der Waals surface area contributed by atoms with Crippen molar-refractivity contribution in [1.29, 1.82) is 0 Å². The summed E-state index contributed by atoms with van der Waals surface area (Å²) in [4.78, 5) is 4.56. The molecular weight excluding hydrogens is 573 g/mol. The first kappa shape index (κ1) is 36.4. The van der Waals surface area contributed by atoms with Crippen LogP contribution in [0, 0.1) is 0 Å². The normalized spacial score (nSPS) is 12.1. The number of nitrogens with zero attached hydrogens (tertiary/aromatic N) is 1. The van der Waals surface area contributed by atoms with E-state index in [4.69, 9.17) is 6.64 Å². The minimum Gasteiger partial charge on any atom is -0.147 e. The van der Waals surface area contributed by atoms with Gasteiger partial charge in [-0.15, -0.1) is 24.8 Å². The molecule has 0 N–H and O–H groups in total. The summed E-state index contributed by atoms with van der Waals surface area (Å²) in [5.74, 6) is 1.80. The summed E-state index contributed by atoms with van der Waals surface area (Å²) < 4.78 is 15.8. The smallest absolute Gasteiger partial charge is 0.147 e. The molecule has 0 atom stereocenters. The summed E-state index contributed by atoms with van der Waals surface area (Å²) in [5.41, 5.74) is 5.87. The van der Waals surface area contributed by atoms with Crippen LogP contribution >= 0.6 is 24.8 Å². The van der Waals surface area contributed by atoms with Gasteiger partial charge in [-0.05, 0) is 0 Å². The Hall–Kier alpha value is -1.65. The van der Waals surface area contributed by atoms with E-state index in [2.05, 4.69) is 129 Å². The van der Waals surface area contributed by atoms with E-state index in [1.165, 1.54) is 22.3 Å². The topological polar surface area (TPSA) is 31.4 Å². The maximum Gasteiger partial charge on any atom is -0.147 e. The Morgan fingerprint density at radius 2 is 1.00 bits per heavy atom. The van der Waals surface area contributed by atoms with Crippen LogP contribution in [0.5, 0.6) is 11.5 Å². The molecule has 220 valence electrons. The van der Waals surface area contributed by atoms with E-state index >= 15 is 0 Å². The molecule has 0 aliphatic rings. The van der Waals surface area contributed by atoms with Crippen molar-refractivity contribution in [2.75, 3.05) is 0 Å². The summed E-state index contributed by atoms with van der Waals surface area (Å²) in [6.45, 7) is 27.0. The van der Waals surface area contributed by atoms with Gasteiger partial charge in [0.1, 0.15) is 0 Å². The number of aromatic nitrogens is 1. The molecule has 0 saturated carbocycles. The zero-order valence-corrected chi connectivity index (χ0v) is 29.6. The van der Waals surface area contributed by atoms with Crippen LogP contribution < -0.4 is 6.64 Å². The van der Waals surface area contributed by atoms with Gasteiger partial charge in [0.25, 0.3) is 0 Å². The van der Waals surface area contributed by atoms with E-state index in [9.17, 15) is 0 Å². The van der Waals surface area contributed by atoms with Gasteiger partial charge < -0.3 is 0 Å². The summed E-state index contributed by atoms with van der Waals surface area (Å²) >= 11 is -2.77. The fourth-order valence-electron chi connectivity index (χ4n) is 4.22. The van der Waals surface area contributed by atoms with Gasteiger partial charge >= 0.3 is 239 Å². The van der Waals surface area contributed by atoms with Crippen molar-refractivity contribution < 1.29 is 24.8 Å². The van der Waals surface area contributed by atoms with Gasteiger partial charge in [0.05, 0.1) is 0 Å². The second kappa shape index (κ2) is 13.6. The zero-order chi connectivity index (χ0) is 28.5. The van der Waals surface area contributed by atoms with Crippen LogP contribution in [0.25, 0.3) is 0 Å². The Kier molecular flexibility index (Phi) is 12.3. The molecule has 0 saturated heterocycles. The van der Waals surface area contributed by atoms with Gasteiger partial charge in [-0.1, -0.05) is 0 Å². The van der Waals surface area contributed by atoms with Crippen molar-refractivity contribution in [2.24, 2.45) is 0 Å². The van der Waals surface area contributed by atoms with Crippen molar-refractivity contribution in [2.45, 2.75) is 105 Å². The van der Waals surface area contributed by atoms with Crippen molar-refractivity contribution in [3.05, 3.63) is 88.7 Å². The summed E-state index contributed by atoms with van der Waals surface area (Å²) in [6, 6.07) is 19.2. The molecule has 0 aliphatic carbocycles. The molecule has 6 heteroatoms. The third-order valence-electron chi connectivity index (χ3n) is 6.68. The van der Waals surface area contributed by atoms with Gasteiger partial charge in [0.2, 0.25) is 0 Å². The summed E-state index contributed by atoms with van der Waals surface area (Å²) in [7, 11) is 0. The molecule has 1 heterocycles. The van der Waals surface area contributed by atoms with Crippen LogP contribution in [0.15, 0.2) is 60.8 Å². The number of benzene rings is 2. The molecular formula is C34H49Cl2NO2Ti. The molecule has 0 spiro atoms. The van der Waals surface area contributed by atoms with Gasteiger partial charge in [-0.3, -0.25) is 0 Å². The van der Waals surface area contributed by atoms with Crippen LogP contribution in [0.1, 0.15) is 111 Å². The van der Waals surface area contributed by atoms with E-state index in [1.807, 2.05) is 24.4 Å². The van der Waals surface area contributed by atoms with Gasteiger partial charge in [0, 0.05) is 0 Å². The molecule has 2 aromatic carbocycles. The molecule has 40 heavy (non-hydrogen) atoms. The number of rotatable bonds is 5. The zero-order valence-electron chi connectivity index (χ0n) is 26.4. The fourth-order valence-corrected chi connectivity index (χ4v) is 6.35. The Bertz CT molecular complexity index is 1210. The standard InChI is InChI=1S/2C14H22O.C6H5N.2ClH.Ti/c2*1-13(2,3)10-7-8-12(15)11(9-10)14(4,5)6;1-6-4-2-3-5-7-6;;;/h2*7-9,15H,1-6H3;1-5H;2*1H;/q;;;;;+2/p-2. The average Bonchev–Trinajstić information content (AvgIpc) is 2.77. The van der Waals surface area contributed by atoms with E-state index in [1.54, 1.807) is 0 Å². The van der Waals surface area contributed by atoms with Crippen LogP contribution in [-0.4, -0.2) is 9.30 Å². The molecule has 0 bridgehead atoms. The summed E-state index contributed by atoms with van der Waals surface area (Å²) in [5, 5.41) is 0. The van der Waals surface area contributed by atoms with Crippen molar-refractivity contribution in [1.82, 2.24) is 4.98 Å². The number of hydrogen-bond donors (Lipinski definition) is 0. The first-order chi connectivity index (χ1) is 17.4. The van der Waals surface area contributed by atoms with E-state index in [0.29, 0.717) is 0 Å². The Morgan fingerprint density at radius 1 is 0.575 bits per heavy atom. The molecule has 0 radical (unpaired) electrons. The quantitative estimate of drug-likeness (QED) is 0.266. The second-order valence-electron chi connectivity index (χ2n) is 14.3. The third-order valence-corrected chi connectivity index (χ3v) is 8.83. The van der Waals surface area contributed by atoms with Crippen LogP contribution in [0.2, 0.25) is 0 Å². The van der Waals surface area contributed by atoms with Crippen molar-refractivity contribution >= 4 is 29.1 Å². The SMILES string of the molecule is CC(C)(C)c1ccc([O][Ti](=[CH]c2ccccn2)[O]c2ccc(C(C)(C)C)cc2C(C)(C)C)c(C(C)(C)C)c1.Cl.Cl. The minimum atomic E-state index is -2.77. The molecule has 3 aromatic rings. The Morgan fingerprint density at radius 3 is 1.32 bits per heavy atom. The molecule has 0 fully saturated rings. The molecule has 0 unspecified atom stereocenters. The number of hydrogen-bond acceptors (Lipinski definition) is 3. The minimum absolute atomic E-state index is 0. The maximum atomic E-state index is 6.86. The predicted octanol–water partition coefficient (Wildman–Crippen LogP) is 9.87. The predicted molar refractivity (Wildman–Crippen MR) is 173 cm³/mol. The van der Waals surface area contributed by atoms with Gasteiger partial charge in [-0.2, -0.15) is 0 Å². The molecule has 0 amide bonds. The Balaban J connectivity index is 0.00000400. The second-order valence-corrected chi connectivity index (χ2v) is 16.4. The van der Waals surface area contributed by atoms with Gasteiger partial charge in [-0.25, -0.2) is 0 Å². The van der Waals surface area contributed by atoms with Crippen molar-refractivity contribution in [3.63, 3.8) is 0 Å². The molecule has 3 rings (SSSR count). The van der Waals surface area contributed by atoms with E-state index in [0.717, 1.165) is 17.2 Å². The molecule has 0 aliphatic heterocycles. The van der Waals surface area contributed by atoms with Gasteiger partial charge in [0.15, 0.2) is 0 Å². The average molecular weight is 623 g/mol. The first-order valence-electron chi connectivity index (χ1n) is 13.6. The van der Waals surface area contributed by atoms with Crippen LogP contribution in [0.4, 0.5) is 0 Å². The summed E-state index contributed by atoms with van der Waals surface area (Å²) in [6.07, 6.45) is 1.82. The first-order valence-corrected chi connectivity index (χ1v) is 15.8. The molecule has 1 aromatic heterocycles. The molecule has 3 nitrogen and oxygen atoms in total. The fraction of sp³-hybridized carbons (Fsp3) is 0.471. The van der Waals surface area contributed by atoms with Crippen molar-refractivity contribution in [3.8, 4) is 11.5 Å². The third kappa shape index (κ3) is 9.73. The number of pyridine rings is 1. The number of halogens is 2. The maximum absolute atomic E-state index is 6.86. The van der Waals surface area contributed by atoms with Crippen LogP contribution in [-0.2, 0) is 39.8 Å². The van der Waals surface area contributed by atoms with Crippen LogP contribution in [0.3, 0.4) is 0 Å². The van der Waals surface area contributed by atoms with E-state index < -0.39 is 18.2 Å².